The van der Waals surface area contributed by atoms with Crippen molar-refractivity contribution in [3.8, 4) is 0 Å². The van der Waals surface area contributed by atoms with Gasteiger partial charge in [0.1, 0.15) is 6.54 Å². The van der Waals surface area contributed by atoms with E-state index in [2.05, 4.69) is 43.7 Å². The average molecular weight is 347 g/mol. The van der Waals surface area contributed by atoms with Crippen LogP contribution in [0.5, 0.6) is 0 Å². The van der Waals surface area contributed by atoms with Crippen molar-refractivity contribution in [2.45, 2.75) is 124 Å². The maximum atomic E-state index is 2.41. The maximum Gasteiger partial charge on any atom is 0.181 e. The Balaban J connectivity index is 1.82. The molecular formula is C24H44N+. The molecule has 0 aromatic carbocycles. The molecular weight excluding hydrogens is 302 g/mol. The second-order valence-electron chi connectivity index (χ2n) is 7.92. The molecule has 0 aliphatic carbocycles. The molecule has 0 amide bonds. The fourth-order valence-electron chi connectivity index (χ4n) is 3.65. The van der Waals surface area contributed by atoms with Crippen molar-refractivity contribution in [2.24, 2.45) is 0 Å². The van der Waals surface area contributed by atoms with E-state index in [9.17, 15) is 0 Å². The lowest BCUT2D eigenvalue weighted by molar-refractivity contribution is -0.703. The Bertz CT molecular complexity index is 424. The SMILES string of the molecule is CCCCCCCCCCCCCCCCC[n+]1cccc(C)c1C. The zero-order chi connectivity index (χ0) is 18.2. The highest BCUT2D eigenvalue weighted by atomic mass is 14.9. The Kier molecular flexibility index (Phi) is 13.7. The minimum absolute atomic E-state index is 1.19. The van der Waals surface area contributed by atoms with Gasteiger partial charge < -0.3 is 0 Å². The first-order valence-corrected chi connectivity index (χ1v) is 11.2. The summed E-state index contributed by atoms with van der Waals surface area (Å²) in [5.41, 5.74) is 2.83. The molecule has 0 N–H and O–H groups in total. The van der Waals surface area contributed by atoms with E-state index in [1.54, 1.807) is 0 Å². The van der Waals surface area contributed by atoms with Gasteiger partial charge in [0.15, 0.2) is 11.9 Å². The van der Waals surface area contributed by atoms with E-state index >= 15 is 0 Å². The van der Waals surface area contributed by atoms with Gasteiger partial charge in [0.25, 0.3) is 0 Å². The van der Waals surface area contributed by atoms with E-state index in [1.807, 2.05) is 0 Å². The molecule has 0 atom stereocenters. The average Bonchev–Trinajstić information content (AvgIpc) is 2.61. The summed E-state index contributed by atoms with van der Waals surface area (Å²) >= 11 is 0. The maximum absolute atomic E-state index is 2.41. The van der Waals surface area contributed by atoms with Gasteiger partial charge in [-0.15, -0.1) is 0 Å². The van der Waals surface area contributed by atoms with Crippen molar-refractivity contribution >= 4 is 0 Å². The van der Waals surface area contributed by atoms with Gasteiger partial charge in [0, 0.05) is 25.0 Å². The molecule has 1 aromatic rings. The zero-order valence-electron chi connectivity index (χ0n) is 17.5. The summed E-state index contributed by atoms with van der Waals surface area (Å²) in [6.07, 6.45) is 23.8. The molecule has 0 radical (unpaired) electrons. The Morgan fingerprint density at radius 2 is 1.08 bits per heavy atom. The third kappa shape index (κ3) is 11.4. The fraction of sp³-hybridized carbons (Fsp3) is 0.792. The van der Waals surface area contributed by atoms with Crippen molar-refractivity contribution < 1.29 is 4.57 Å². The lowest BCUT2D eigenvalue weighted by Crippen LogP contribution is -2.37. The standard InChI is InChI=1S/C24H44N/c1-4-5-6-7-8-9-10-11-12-13-14-15-16-17-18-21-25-22-19-20-23(2)24(25)3/h19-20,22H,4-18,21H2,1-3H3/q+1. The normalized spacial score (nSPS) is 11.2. The van der Waals surface area contributed by atoms with Gasteiger partial charge in [0.2, 0.25) is 0 Å². The number of hydrogen-bond acceptors (Lipinski definition) is 0. The molecule has 0 aliphatic rings. The van der Waals surface area contributed by atoms with Crippen LogP contribution in [0.25, 0.3) is 0 Å². The highest BCUT2D eigenvalue weighted by Crippen LogP contribution is 2.13. The molecule has 0 unspecified atom stereocenters. The summed E-state index contributed by atoms with van der Waals surface area (Å²) in [6.45, 7) is 7.93. The van der Waals surface area contributed by atoms with Crippen molar-refractivity contribution in [3.05, 3.63) is 29.6 Å². The summed E-state index contributed by atoms with van der Waals surface area (Å²) in [5.74, 6) is 0. The third-order valence-electron chi connectivity index (χ3n) is 5.62. The number of nitrogens with zero attached hydrogens (tertiary/aromatic N) is 1. The first-order chi connectivity index (χ1) is 12.3. The molecule has 0 aliphatic heterocycles. The minimum Gasteiger partial charge on any atom is -0.202 e. The van der Waals surface area contributed by atoms with Gasteiger partial charge in [-0.25, -0.2) is 4.57 Å². The van der Waals surface area contributed by atoms with Crippen molar-refractivity contribution in [1.29, 1.82) is 0 Å². The van der Waals surface area contributed by atoms with Crippen LogP contribution in [-0.4, -0.2) is 0 Å². The van der Waals surface area contributed by atoms with Gasteiger partial charge in [0.05, 0.1) is 0 Å². The first-order valence-electron chi connectivity index (χ1n) is 11.2. The van der Waals surface area contributed by atoms with E-state index in [-0.39, 0.29) is 0 Å². The fourth-order valence-corrected chi connectivity index (χ4v) is 3.65. The zero-order valence-corrected chi connectivity index (χ0v) is 17.5. The van der Waals surface area contributed by atoms with Gasteiger partial charge in [-0.05, 0) is 19.4 Å². The minimum atomic E-state index is 1.19. The molecule has 1 nitrogen and oxygen atoms in total. The van der Waals surface area contributed by atoms with E-state index < -0.39 is 0 Å². The summed E-state index contributed by atoms with van der Waals surface area (Å²) in [7, 11) is 0. The Labute approximate surface area is 158 Å². The van der Waals surface area contributed by atoms with Crippen LogP contribution in [0.2, 0.25) is 0 Å². The van der Waals surface area contributed by atoms with Gasteiger partial charge >= 0.3 is 0 Å². The monoisotopic (exact) mass is 346 g/mol. The Hall–Kier alpha value is -0.850. The largest absolute Gasteiger partial charge is 0.202 e. The first kappa shape index (κ1) is 22.2. The number of pyridine rings is 1. The number of hydrogen-bond donors (Lipinski definition) is 0. The van der Waals surface area contributed by atoms with Crippen LogP contribution in [0.3, 0.4) is 0 Å². The molecule has 25 heavy (non-hydrogen) atoms. The highest BCUT2D eigenvalue weighted by molar-refractivity contribution is 5.11. The molecule has 0 fully saturated rings. The van der Waals surface area contributed by atoms with Gasteiger partial charge in [-0.3, -0.25) is 0 Å². The van der Waals surface area contributed by atoms with Crippen molar-refractivity contribution in [1.82, 2.24) is 0 Å². The van der Waals surface area contributed by atoms with Crippen LogP contribution in [0.15, 0.2) is 18.3 Å². The lowest BCUT2D eigenvalue weighted by Gasteiger charge is -2.04. The van der Waals surface area contributed by atoms with Crippen LogP contribution >= 0.6 is 0 Å². The summed E-state index contributed by atoms with van der Waals surface area (Å²) in [4.78, 5) is 0. The van der Waals surface area contributed by atoms with Crippen LogP contribution in [0, 0.1) is 13.8 Å². The number of rotatable bonds is 16. The van der Waals surface area contributed by atoms with E-state index in [0.717, 1.165) is 0 Å². The van der Waals surface area contributed by atoms with E-state index in [4.69, 9.17) is 0 Å². The van der Waals surface area contributed by atoms with Gasteiger partial charge in [-0.1, -0.05) is 90.4 Å². The third-order valence-corrected chi connectivity index (χ3v) is 5.62. The van der Waals surface area contributed by atoms with Crippen LogP contribution in [0.1, 0.15) is 114 Å². The van der Waals surface area contributed by atoms with Crippen LogP contribution in [0.4, 0.5) is 0 Å². The second kappa shape index (κ2) is 15.4. The number of unbranched alkanes of at least 4 members (excludes halogenated alkanes) is 14. The molecule has 0 bridgehead atoms. The topological polar surface area (TPSA) is 3.88 Å². The molecule has 1 heteroatoms. The molecule has 0 spiro atoms. The summed E-state index contributed by atoms with van der Waals surface area (Å²) < 4.78 is 2.41. The second-order valence-corrected chi connectivity index (χ2v) is 7.92. The summed E-state index contributed by atoms with van der Waals surface area (Å²) in [5, 5.41) is 0. The summed E-state index contributed by atoms with van der Waals surface area (Å²) in [6, 6.07) is 4.38. The van der Waals surface area contributed by atoms with E-state index in [0.29, 0.717) is 0 Å². The van der Waals surface area contributed by atoms with Gasteiger partial charge in [-0.2, -0.15) is 0 Å². The molecule has 1 heterocycles. The number of aryl methyl sites for hydroxylation is 2. The predicted octanol–water partition coefficient (Wildman–Crippen LogP) is 7.46. The van der Waals surface area contributed by atoms with Crippen molar-refractivity contribution in [2.75, 3.05) is 0 Å². The smallest absolute Gasteiger partial charge is 0.181 e. The van der Waals surface area contributed by atoms with Crippen LogP contribution < -0.4 is 4.57 Å². The quantitative estimate of drug-likeness (QED) is 0.216. The molecule has 1 aromatic heterocycles. The molecule has 0 saturated carbocycles. The van der Waals surface area contributed by atoms with Crippen molar-refractivity contribution in [3.63, 3.8) is 0 Å². The van der Waals surface area contributed by atoms with Crippen LogP contribution in [-0.2, 0) is 6.54 Å². The Morgan fingerprint density at radius 3 is 1.56 bits per heavy atom. The molecule has 1 rings (SSSR count). The lowest BCUT2D eigenvalue weighted by atomic mass is 10.0. The predicted molar refractivity (Wildman–Crippen MR) is 111 cm³/mol. The highest BCUT2D eigenvalue weighted by Gasteiger charge is 2.07. The molecule has 144 valence electrons. The Morgan fingerprint density at radius 1 is 0.640 bits per heavy atom. The van der Waals surface area contributed by atoms with E-state index in [1.165, 1.54) is 114 Å². The number of aromatic nitrogens is 1. The molecule has 0 saturated heterocycles.